The van der Waals surface area contributed by atoms with Crippen molar-refractivity contribution in [2.45, 2.75) is 19.4 Å². The van der Waals surface area contributed by atoms with E-state index in [0.717, 1.165) is 11.3 Å². The third kappa shape index (κ3) is 5.74. The molecule has 2 amide bonds. The zero-order chi connectivity index (χ0) is 19.6. The highest BCUT2D eigenvalue weighted by atomic mass is 16.3. The molecule has 0 radical (unpaired) electrons. The maximum absolute atomic E-state index is 12.4. The quantitative estimate of drug-likeness (QED) is 0.442. The van der Waals surface area contributed by atoms with Crippen molar-refractivity contribution in [2.24, 2.45) is 0 Å². The first-order valence-corrected chi connectivity index (χ1v) is 9.20. The zero-order valence-corrected chi connectivity index (χ0v) is 15.5. The van der Waals surface area contributed by atoms with Gasteiger partial charge in [-0.15, -0.1) is 0 Å². The Labute approximate surface area is 164 Å². The fourth-order valence-corrected chi connectivity index (χ4v) is 2.72. The van der Waals surface area contributed by atoms with Gasteiger partial charge in [0, 0.05) is 13.0 Å². The smallest absolute Gasteiger partial charge is 0.286 e. The van der Waals surface area contributed by atoms with Crippen LogP contribution in [0.25, 0.3) is 0 Å². The standard InChI is InChI=1S/C22H23N3O3/c26-21(14-7-15-23-22(27)20-13-8-16-28-20)24-25(19-11-5-2-6-12-19)17-18-9-3-1-4-10-18/h1-6,8-13,16H,7,14-15,17H2,(H,23,27)(H,24,26). The molecule has 0 aliphatic rings. The molecule has 1 heterocycles. The third-order valence-corrected chi connectivity index (χ3v) is 4.12. The number of hydrazine groups is 1. The Morgan fingerprint density at radius 2 is 1.61 bits per heavy atom. The van der Waals surface area contributed by atoms with Gasteiger partial charge in [-0.2, -0.15) is 0 Å². The highest BCUT2D eigenvalue weighted by molar-refractivity contribution is 5.91. The van der Waals surface area contributed by atoms with E-state index in [4.69, 9.17) is 4.42 Å². The van der Waals surface area contributed by atoms with E-state index in [9.17, 15) is 9.59 Å². The number of benzene rings is 2. The van der Waals surface area contributed by atoms with Crippen molar-refractivity contribution in [1.82, 2.24) is 10.7 Å². The molecule has 0 fully saturated rings. The van der Waals surface area contributed by atoms with Gasteiger partial charge in [-0.05, 0) is 36.2 Å². The van der Waals surface area contributed by atoms with Crippen molar-refractivity contribution in [3.63, 3.8) is 0 Å². The molecule has 0 atom stereocenters. The van der Waals surface area contributed by atoms with Crippen LogP contribution in [0.2, 0.25) is 0 Å². The van der Waals surface area contributed by atoms with Gasteiger partial charge in [0.1, 0.15) is 0 Å². The molecule has 0 aliphatic heterocycles. The van der Waals surface area contributed by atoms with Crippen molar-refractivity contribution in [1.29, 1.82) is 0 Å². The molecule has 0 saturated heterocycles. The zero-order valence-electron chi connectivity index (χ0n) is 15.5. The molecule has 28 heavy (non-hydrogen) atoms. The number of nitrogens with one attached hydrogen (secondary N) is 2. The lowest BCUT2D eigenvalue weighted by molar-refractivity contribution is -0.121. The predicted octanol–water partition coefficient (Wildman–Crippen LogP) is 3.53. The van der Waals surface area contributed by atoms with Crippen LogP contribution in [0.4, 0.5) is 5.69 Å². The van der Waals surface area contributed by atoms with Crippen LogP contribution in [0.1, 0.15) is 29.0 Å². The second-order valence-electron chi connectivity index (χ2n) is 6.28. The van der Waals surface area contributed by atoms with Gasteiger partial charge in [0.15, 0.2) is 5.76 Å². The number of hydrogen-bond donors (Lipinski definition) is 2. The first kappa shape index (κ1) is 19.2. The van der Waals surface area contributed by atoms with Crippen molar-refractivity contribution < 1.29 is 14.0 Å². The largest absolute Gasteiger partial charge is 0.459 e. The summed E-state index contributed by atoms with van der Waals surface area (Å²) in [6.45, 7) is 0.961. The molecule has 0 spiro atoms. The highest BCUT2D eigenvalue weighted by Gasteiger charge is 2.12. The van der Waals surface area contributed by atoms with Gasteiger partial charge in [0.25, 0.3) is 5.91 Å². The van der Waals surface area contributed by atoms with Crippen LogP contribution in [-0.2, 0) is 11.3 Å². The van der Waals surface area contributed by atoms with Crippen molar-refractivity contribution in [2.75, 3.05) is 11.6 Å². The normalized spacial score (nSPS) is 10.3. The Morgan fingerprint density at radius 3 is 2.29 bits per heavy atom. The first-order valence-electron chi connectivity index (χ1n) is 9.20. The van der Waals surface area contributed by atoms with E-state index in [1.54, 1.807) is 12.1 Å². The fraction of sp³-hybridized carbons (Fsp3) is 0.182. The monoisotopic (exact) mass is 377 g/mol. The van der Waals surface area contributed by atoms with E-state index in [-0.39, 0.29) is 17.6 Å². The maximum Gasteiger partial charge on any atom is 0.286 e. The lowest BCUT2D eigenvalue weighted by Crippen LogP contribution is -2.42. The van der Waals surface area contributed by atoms with Crippen molar-refractivity contribution in [3.8, 4) is 0 Å². The summed E-state index contributed by atoms with van der Waals surface area (Å²) in [5.74, 6) is -0.116. The number of hydrogen-bond acceptors (Lipinski definition) is 4. The summed E-state index contributed by atoms with van der Waals surface area (Å²) in [5.41, 5.74) is 4.96. The molecule has 2 N–H and O–H groups in total. The Kier molecular flexibility index (Phi) is 6.84. The van der Waals surface area contributed by atoms with Gasteiger partial charge in [0.2, 0.25) is 5.91 Å². The van der Waals surface area contributed by atoms with Crippen LogP contribution >= 0.6 is 0 Å². The minimum atomic E-state index is -0.277. The topological polar surface area (TPSA) is 74.6 Å². The van der Waals surface area contributed by atoms with Gasteiger partial charge in [-0.3, -0.25) is 20.0 Å². The SMILES string of the molecule is O=C(CCCNC(=O)c1ccco1)NN(Cc1ccccc1)c1ccccc1. The van der Waals surface area contributed by atoms with E-state index in [0.29, 0.717) is 25.9 Å². The van der Waals surface area contributed by atoms with Gasteiger partial charge in [0.05, 0.1) is 18.5 Å². The second kappa shape index (κ2) is 9.97. The number of anilines is 1. The van der Waals surface area contributed by atoms with Crippen LogP contribution in [0, 0.1) is 0 Å². The Hall–Kier alpha value is -3.54. The van der Waals surface area contributed by atoms with Gasteiger partial charge >= 0.3 is 0 Å². The van der Waals surface area contributed by atoms with E-state index in [2.05, 4.69) is 10.7 Å². The number of para-hydroxylation sites is 1. The molecule has 3 aromatic rings. The number of rotatable bonds is 9. The Balaban J connectivity index is 1.50. The summed E-state index contributed by atoms with van der Waals surface area (Å²) >= 11 is 0. The molecule has 0 bridgehead atoms. The summed E-state index contributed by atoms with van der Waals surface area (Å²) in [7, 11) is 0. The minimum absolute atomic E-state index is 0.105. The van der Waals surface area contributed by atoms with Gasteiger partial charge in [-0.1, -0.05) is 48.5 Å². The molecule has 0 unspecified atom stereocenters. The van der Waals surface area contributed by atoms with Crippen LogP contribution in [0.5, 0.6) is 0 Å². The van der Waals surface area contributed by atoms with E-state index < -0.39 is 0 Å². The number of nitrogens with zero attached hydrogens (tertiary/aromatic N) is 1. The summed E-state index contributed by atoms with van der Waals surface area (Å²) in [5, 5.41) is 4.57. The minimum Gasteiger partial charge on any atom is -0.459 e. The summed E-state index contributed by atoms with van der Waals surface area (Å²) in [6, 6.07) is 22.9. The van der Waals surface area contributed by atoms with Crippen LogP contribution in [0.15, 0.2) is 83.5 Å². The number of carbonyl (C=O) groups excluding carboxylic acids is 2. The number of amides is 2. The van der Waals surface area contributed by atoms with Crippen molar-refractivity contribution in [3.05, 3.63) is 90.4 Å². The Morgan fingerprint density at radius 1 is 0.893 bits per heavy atom. The molecule has 0 saturated carbocycles. The molecular weight excluding hydrogens is 354 g/mol. The van der Waals surface area contributed by atoms with Crippen molar-refractivity contribution >= 4 is 17.5 Å². The highest BCUT2D eigenvalue weighted by Crippen LogP contribution is 2.15. The lowest BCUT2D eigenvalue weighted by Gasteiger charge is -2.25. The summed E-state index contributed by atoms with van der Waals surface area (Å²) in [6.07, 6.45) is 2.29. The van der Waals surface area contributed by atoms with Crippen LogP contribution in [-0.4, -0.2) is 18.4 Å². The lowest BCUT2D eigenvalue weighted by atomic mass is 10.2. The molecule has 6 nitrogen and oxygen atoms in total. The third-order valence-electron chi connectivity index (χ3n) is 4.12. The average molecular weight is 377 g/mol. The molecule has 0 aliphatic carbocycles. The molecule has 1 aromatic heterocycles. The predicted molar refractivity (Wildman–Crippen MR) is 107 cm³/mol. The average Bonchev–Trinajstić information content (AvgIpc) is 3.27. The first-order chi connectivity index (χ1) is 13.7. The summed E-state index contributed by atoms with van der Waals surface area (Å²) < 4.78 is 5.03. The van der Waals surface area contributed by atoms with E-state index in [1.165, 1.54) is 6.26 Å². The molecule has 6 heteroatoms. The van der Waals surface area contributed by atoms with Crippen LogP contribution in [0.3, 0.4) is 0 Å². The van der Waals surface area contributed by atoms with Gasteiger partial charge < -0.3 is 9.73 Å². The number of furan rings is 1. The van der Waals surface area contributed by atoms with E-state index >= 15 is 0 Å². The molecule has 2 aromatic carbocycles. The van der Waals surface area contributed by atoms with E-state index in [1.807, 2.05) is 65.7 Å². The molecule has 3 rings (SSSR count). The summed E-state index contributed by atoms with van der Waals surface area (Å²) in [4.78, 5) is 24.2. The van der Waals surface area contributed by atoms with Gasteiger partial charge in [-0.25, -0.2) is 0 Å². The second-order valence-corrected chi connectivity index (χ2v) is 6.28. The number of carbonyl (C=O) groups is 2. The Bertz CT molecular complexity index is 865. The van der Waals surface area contributed by atoms with Crippen LogP contribution < -0.4 is 15.8 Å². The maximum atomic E-state index is 12.4. The fourth-order valence-electron chi connectivity index (χ4n) is 2.72. The molecular formula is C22H23N3O3. The molecule has 144 valence electrons.